The minimum Gasteiger partial charge on any atom is -0.457 e. The number of H-pyrrole nitrogens is 1. The van der Waals surface area contributed by atoms with E-state index >= 15 is 0 Å². The first kappa shape index (κ1) is 28.5. The Hall–Kier alpha value is -4.57. The van der Waals surface area contributed by atoms with Crippen molar-refractivity contribution in [2.45, 2.75) is 32.6 Å². The monoisotopic (exact) mass is 588 g/mol. The van der Waals surface area contributed by atoms with E-state index in [4.69, 9.17) is 4.74 Å². The molecule has 6 rings (SSSR count). The number of hydrogen-bond acceptors (Lipinski definition) is 5. The number of alkyl halides is 3. The number of pyridine rings is 1. The van der Waals surface area contributed by atoms with Crippen LogP contribution in [0.2, 0.25) is 0 Å². The lowest BCUT2D eigenvalue weighted by Crippen LogP contribution is -2.47. The number of piperazine rings is 1. The molecule has 0 unspecified atom stereocenters. The van der Waals surface area contributed by atoms with E-state index in [9.17, 15) is 22.8 Å². The molecular weight excluding hydrogens is 557 g/mol. The van der Waals surface area contributed by atoms with Crippen LogP contribution < -0.4 is 20.5 Å². The van der Waals surface area contributed by atoms with Gasteiger partial charge < -0.3 is 19.9 Å². The van der Waals surface area contributed by atoms with E-state index in [2.05, 4.69) is 10.2 Å². The Labute approximate surface area is 246 Å². The molecule has 4 aromatic rings. The van der Waals surface area contributed by atoms with E-state index in [1.54, 1.807) is 4.90 Å². The highest BCUT2D eigenvalue weighted by molar-refractivity contribution is 5.95. The molecule has 3 aromatic carbocycles. The number of ether oxygens (including phenoxy) is 1. The molecule has 10 heteroatoms. The van der Waals surface area contributed by atoms with E-state index in [1.807, 2.05) is 85.6 Å². The third-order valence-corrected chi connectivity index (χ3v) is 7.97. The Morgan fingerprint density at radius 1 is 0.907 bits per heavy atom. The molecule has 43 heavy (non-hydrogen) atoms. The van der Waals surface area contributed by atoms with Crippen LogP contribution in [0, 0.1) is 13.8 Å². The number of halogens is 3. The van der Waals surface area contributed by atoms with Crippen molar-refractivity contribution in [3.05, 3.63) is 122 Å². The van der Waals surface area contributed by atoms with Crippen molar-refractivity contribution in [2.24, 2.45) is 0 Å². The molecule has 2 N–H and O–H groups in total. The molecule has 2 aliphatic heterocycles. The number of hydrogen-bond donors (Lipinski definition) is 2. The average Bonchev–Trinajstić information content (AvgIpc) is 2.97. The van der Waals surface area contributed by atoms with Gasteiger partial charge in [-0.3, -0.25) is 14.5 Å². The highest BCUT2D eigenvalue weighted by Gasteiger charge is 2.38. The standard InChI is InChI=1S/C33H31F3N4O3/c1-20-8-10-23-27(16-20)43-28-17-21(2)9-11-24(28)29(23)37-31(41)25-18-26(30(33(34,35)36)38-32(25)42)40-14-12-39(13-15-40)19-22-6-4-3-5-7-22/h3-11,16-18,29H,12-15,19H2,1-2H3,(H,37,41)(H,38,42). The highest BCUT2D eigenvalue weighted by atomic mass is 19.4. The second-order valence-corrected chi connectivity index (χ2v) is 11.1. The van der Waals surface area contributed by atoms with E-state index in [-0.39, 0.29) is 11.3 Å². The lowest BCUT2D eigenvalue weighted by molar-refractivity contribution is -0.140. The van der Waals surface area contributed by atoms with Crippen LogP contribution in [0.25, 0.3) is 0 Å². The van der Waals surface area contributed by atoms with E-state index in [1.165, 1.54) is 0 Å². The van der Waals surface area contributed by atoms with Crippen molar-refractivity contribution in [1.29, 1.82) is 0 Å². The summed E-state index contributed by atoms with van der Waals surface area (Å²) in [5, 5.41) is 2.90. The van der Waals surface area contributed by atoms with Crippen LogP contribution in [0.4, 0.5) is 18.9 Å². The zero-order valence-corrected chi connectivity index (χ0v) is 23.8. The van der Waals surface area contributed by atoms with Crippen LogP contribution in [0.1, 0.15) is 49.9 Å². The maximum absolute atomic E-state index is 14.1. The third-order valence-electron chi connectivity index (χ3n) is 7.97. The molecule has 2 aliphatic rings. The summed E-state index contributed by atoms with van der Waals surface area (Å²) >= 11 is 0. The first-order valence-corrected chi connectivity index (χ1v) is 14.1. The van der Waals surface area contributed by atoms with Gasteiger partial charge in [-0.1, -0.05) is 54.6 Å². The Kier molecular flexibility index (Phi) is 7.47. The number of anilines is 1. The summed E-state index contributed by atoms with van der Waals surface area (Å²) in [5.41, 5.74) is 1.58. The number of aromatic amines is 1. The second-order valence-electron chi connectivity index (χ2n) is 11.1. The number of rotatable bonds is 5. The lowest BCUT2D eigenvalue weighted by atomic mass is 9.92. The molecule has 0 atom stereocenters. The number of carbonyl (C=O) groups excluding carboxylic acids is 1. The zero-order valence-electron chi connectivity index (χ0n) is 23.8. The molecule has 1 amide bonds. The molecule has 0 radical (unpaired) electrons. The third kappa shape index (κ3) is 5.87. The number of fused-ring (bicyclic) bond motifs is 2. The Bertz CT molecular complexity index is 1680. The number of benzene rings is 3. The fourth-order valence-corrected chi connectivity index (χ4v) is 5.73. The highest BCUT2D eigenvalue weighted by Crippen LogP contribution is 2.44. The number of aromatic nitrogens is 1. The summed E-state index contributed by atoms with van der Waals surface area (Å²) in [6.07, 6.45) is -4.81. The van der Waals surface area contributed by atoms with Gasteiger partial charge in [0, 0.05) is 43.9 Å². The second kappa shape index (κ2) is 11.3. The van der Waals surface area contributed by atoms with Crippen molar-refractivity contribution in [2.75, 3.05) is 31.1 Å². The summed E-state index contributed by atoms with van der Waals surface area (Å²) in [5.74, 6) is 0.362. The molecule has 1 fully saturated rings. The SMILES string of the molecule is Cc1ccc2c(c1)Oc1cc(C)ccc1C2NC(=O)c1cc(N2CCN(Cc3ccccc3)CC2)c(C(F)(F)F)[nH]c1=O. The van der Waals surface area contributed by atoms with Crippen LogP contribution in [0.3, 0.4) is 0 Å². The van der Waals surface area contributed by atoms with Crippen molar-refractivity contribution in [1.82, 2.24) is 15.2 Å². The molecule has 0 aliphatic carbocycles. The quantitative estimate of drug-likeness (QED) is 0.301. The Morgan fingerprint density at radius 2 is 1.51 bits per heavy atom. The molecule has 3 heterocycles. The number of carbonyl (C=O) groups is 1. The maximum atomic E-state index is 14.1. The van der Waals surface area contributed by atoms with Crippen LogP contribution in [0.15, 0.2) is 77.6 Å². The van der Waals surface area contributed by atoms with Crippen molar-refractivity contribution < 1.29 is 22.7 Å². The summed E-state index contributed by atoms with van der Waals surface area (Å²) in [6, 6.07) is 21.5. The summed E-state index contributed by atoms with van der Waals surface area (Å²) < 4.78 is 48.5. The zero-order chi connectivity index (χ0) is 30.3. The summed E-state index contributed by atoms with van der Waals surface area (Å²) in [7, 11) is 0. The smallest absolute Gasteiger partial charge is 0.433 e. The van der Waals surface area contributed by atoms with Crippen molar-refractivity contribution in [3.63, 3.8) is 0 Å². The van der Waals surface area contributed by atoms with Crippen LogP contribution in [-0.4, -0.2) is 42.0 Å². The molecule has 1 aromatic heterocycles. The molecule has 0 spiro atoms. The Balaban J connectivity index is 1.30. The van der Waals surface area contributed by atoms with Gasteiger partial charge in [0.1, 0.15) is 22.8 Å². The molecule has 7 nitrogen and oxygen atoms in total. The lowest BCUT2D eigenvalue weighted by Gasteiger charge is -2.37. The van der Waals surface area contributed by atoms with Crippen LogP contribution in [0.5, 0.6) is 11.5 Å². The minimum absolute atomic E-state index is 0.212. The first-order chi connectivity index (χ1) is 20.6. The van der Waals surface area contributed by atoms with E-state index in [0.717, 1.165) is 22.8 Å². The fourth-order valence-electron chi connectivity index (χ4n) is 5.73. The predicted octanol–water partition coefficient (Wildman–Crippen LogP) is 5.96. The van der Waals surface area contributed by atoms with Gasteiger partial charge in [0.25, 0.3) is 11.5 Å². The Morgan fingerprint density at radius 3 is 2.09 bits per heavy atom. The van der Waals surface area contributed by atoms with Crippen LogP contribution in [-0.2, 0) is 12.7 Å². The average molecular weight is 589 g/mol. The van der Waals surface area contributed by atoms with Gasteiger partial charge in [0.05, 0.1) is 11.7 Å². The molecule has 222 valence electrons. The topological polar surface area (TPSA) is 77.7 Å². The molecule has 0 saturated carbocycles. The molecule has 1 saturated heterocycles. The van der Waals surface area contributed by atoms with Gasteiger partial charge in [-0.2, -0.15) is 13.2 Å². The molecular formula is C33H31F3N4O3. The maximum Gasteiger partial charge on any atom is 0.433 e. The van der Waals surface area contributed by atoms with Crippen molar-refractivity contribution in [3.8, 4) is 11.5 Å². The van der Waals surface area contributed by atoms with Gasteiger partial charge >= 0.3 is 6.18 Å². The van der Waals surface area contributed by atoms with E-state index in [0.29, 0.717) is 55.3 Å². The number of nitrogens with zero attached hydrogens (tertiary/aromatic N) is 2. The van der Waals surface area contributed by atoms with Gasteiger partial charge in [-0.15, -0.1) is 0 Å². The molecule has 0 bridgehead atoms. The number of nitrogens with one attached hydrogen (secondary N) is 2. The predicted molar refractivity (Wildman–Crippen MR) is 158 cm³/mol. The normalized spacial score (nSPS) is 15.4. The first-order valence-electron chi connectivity index (χ1n) is 14.1. The van der Waals surface area contributed by atoms with E-state index < -0.39 is 29.4 Å². The van der Waals surface area contributed by atoms with Gasteiger partial charge in [0.15, 0.2) is 0 Å². The van der Waals surface area contributed by atoms with Gasteiger partial charge in [-0.25, -0.2) is 0 Å². The summed E-state index contributed by atoms with van der Waals surface area (Å²) in [6.45, 7) is 6.21. The van der Waals surface area contributed by atoms with Crippen LogP contribution >= 0.6 is 0 Å². The summed E-state index contributed by atoms with van der Waals surface area (Å²) in [4.78, 5) is 32.4. The number of aryl methyl sites for hydroxylation is 2. The van der Waals surface area contributed by atoms with Crippen molar-refractivity contribution >= 4 is 11.6 Å². The largest absolute Gasteiger partial charge is 0.457 e. The number of amides is 1. The van der Waals surface area contributed by atoms with Gasteiger partial charge in [-0.05, 0) is 48.7 Å². The fraction of sp³-hybridized carbons (Fsp3) is 0.273. The van der Waals surface area contributed by atoms with Gasteiger partial charge in [0.2, 0.25) is 0 Å². The minimum atomic E-state index is -4.81.